The first kappa shape index (κ1) is 17.2. The quantitative estimate of drug-likeness (QED) is 0.818. The summed E-state index contributed by atoms with van der Waals surface area (Å²) in [6.07, 6.45) is 2.86. The van der Waals surface area contributed by atoms with Crippen molar-refractivity contribution in [3.05, 3.63) is 24.2 Å². The molecule has 0 radical (unpaired) electrons. The van der Waals surface area contributed by atoms with E-state index >= 15 is 0 Å². The van der Waals surface area contributed by atoms with Crippen LogP contribution in [0.25, 0.3) is 0 Å². The molecule has 0 N–H and O–H groups in total. The van der Waals surface area contributed by atoms with E-state index in [4.69, 9.17) is 9.15 Å². The van der Waals surface area contributed by atoms with Crippen molar-refractivity contribution < 1.29 is 18.7 Å². The Morgan fingerprint density at radius 2 is 2.08 bits per heavy atom. The van der Waals surface area contributed by atoms with Gasteiger partial charge in [0.25, 0.3) is 0 Å². The van der Waals surface area contributed by atoms with E-state index in [0.717, 1.165) is 18.6 Å². The van der Waals surface area contributed by atoms with Crippen molar-refractivity contribution in [2.24, 2.45) is 0 Å². The molecular formula is C17H24N2O4S. The van der Waals surface area contributed by atoms with E-state index < -0.39 is 5.60 Å². The minimum absolute atomic E-state index is 0.141. The summed E-state index contributed by atoms with van der Waals surface area (Å²) >= 11 is 1.69. The number of likely N-dealkylation sites (tertiary alicyclic amines) is 1. The van der Waals surface area contributed by atoms with Gasteiger partial charge in [0.15, 0.2) is 0 Å². The van der Waals surface area contributed by atoms with Gasteiger partial charge in [-0.2, -0.15) is 0 Å². The Morgan fingerprint density at radius 1 is 1.38 bits per heavy atom. The summed E-state index contributed by atoms with van der Waals surface area (Å²) in [5.41, 5.74) is -0.490. The third-order valence-electron chi connectivity index (χ3n) is 4.35. The van der Waals surface area contributed by atoms with Crippen molar-refractivity contribution >= 4 is 23.8 Å². The number of carbonyl (C=O) groups excluding carboxylic acids is 2. The lowest BCUT2D eigenvalue weighted by atomic mass is 10.0. The first-order chi connectivity index (χ1) is 11.3. The molecule has 0 bridgehead atoms. The summed E-state index contributed by atoms with van der Waals surface area (Å²) in [6, 6.07) is 3.72. The van der Waals surface area contributed by atoms with E-state index in [1.54, 1.807) is 22.9 Å². The predicted molar refractivity (Wildman–Crippen MR) is 91.5 cm³/mol. The average Bonchev–Trinajstić information content (AvgIpc) is 3.11. The number of amides is 2. The van der Waals surface area contributed by atoms with Gasteiger partial charge in [-0.1, -0.05) is 0 Å². The number of piperidine rings is 1. The van der Waals surface area contributed by atoms with Crippen molar-refractivity contribution in [2.45, 2.75) is 50.6 Å². The van der Waals surface area contributed by atoms with E-state index in [1.165, 1.54) is 0 Å². The normalized spacial score (nSPS) is 20.7. The average molecular weight is 352 g/mol. The summed E-state index contributed by atoms with van der Waals surface area (Å²) in [5, 5.41) is 0. The van der Waals surface area contributed by atoms with Crippen molar-refractivity contribution in [2.75, 3.05) is 18.8 Å². The van der Waals surface area contributed by atoms with E-state index in [1.807, 2.05) is 37.8 Å². The maximum atomic E-state index is 12.3. The smallest absolute Gasteiger partial charge is 0.410 e. The van der Waals surface area contributed by atoms with Gasteiger partial charge in [0, 0.05) is 13.1 Å². The van der Waals surface area contributed by atoms with Crippen LogP contribution in [0.4, 0.5) is 4.79 Å². The lowest BCUT2D eigenvalue weighted by Crippen LogP contribution is -2.53. The van der Waals surface area contributed by atoms with Crippen molar-refractivity contribution in [1.82, 2.24) is 9.80 Å². The molecule has 0 atom stereocenters. The largest absolute Gasteiger partial charge is 0.467 e. The Morgan fingerprint density at radius 3 is 2.67 bits per heavy atom. The van der Waals surface area contributed by atoms with Gasteiger partial charge < -0.3 is 19.0 Å². The standard InChI is InChI=1S/C17H24N2O4S/c1-16(2,3)23-15(21)18-8-6-17(7-9-18)19(14(20)12-24-17)11-13-5-4-10-22-13/h4-5,10H,6-9,11-12H2,1-3H3. The molecule has 0 aliphatic carbocycles. The highest BCUT2D eigenvalue weighted by Crippen LogP contribution is 2.45. The van der Waals surface area contributed by atoms with Gasteiger partial charge in [0.05, 0.1) is 23.4 Å². The van der Waals surface area contributed by atoms with Crippen LogP contribution in [0.15, 0.2) is 22.8 Å². The van der Waals surface area contributed by atoms with Gasteiger partial charge in [-0.25, -0.2) is 4.79 Å². The molecule has 3 rings (SSSR count). The number of nitrogens with zero attached hydrogens (tertiary/aromatic N) is 2. The second-order valence-electron chi connectivity index (χ2n) is 7.26. The van der Waals surface area contributed by atoms with Gasteiger partial charge in [0.1, 0.15) is 11.4 Å². The van der Waals surface area contributed by atoms with Crippen LogP contribution in [-0.4, -0.2) is 51.1 Å². The Kier molecular flexibility index (Phi) is 4.55. The zero-order valence-electron chi connectivity index (χ0n) is 14.4. The molecule has 1 aromatic heterocycles. The molecule has 6 nitrogen and oxygen atoms in total. The second-order valence-corrected chi connectivity index (χ2v) is 8.60. The molecule has 2 amide bonds. The molecular weight excluding hydrogens is 328 g/mol. The topological polar surface area (TPSA) is 63.0 Å². The van der Waals surface area contributed by atoms with E-state index in [0.29, 0.717) is 25.4 Å². The van der Waals surface area contributed by atoms with E-state index in [2.05, 4.69) is 0 Å². The van der Waals surface area contributed by atoms with Crippen molar-refractivity contribution in [3.63, 3.8) is 0 Å². The Bertz CT molecular complexity index is 601. The summed E-state index contributed by atoms with van der Waals surface area (Å²) < 4.78 is 10.9. The van der Waals surface area contributed by atoms with Crippen LogP contribution >= 0.6 is 11.8 Å². The van der Waals surface area contributed by atoms with Crippen LogP contribution in [-0.2, 0) is 16.1 Å². The molecule has 0 unspecified atom stereocenters. The van der Waals surface area contributed by atoms with Gasteiger partial charge in [-0.15, -0.1) is 11.8 Å². The number of rotatable bonds is 2. The fourth-order valence-electron chi connectivity index (χ4n) is 3.15. The highest BCUT2D eigenvalue weighted by molar-refractivity contribution is 8.01. The third-order valence-corrected chi connectivity index (χ3v) is 5.91. The maximum absolute atomic E-state index is 12.3. The summed E-state index contributed by atoms with van der Waals surface area (Å²) in [4.78, 5) is 28.0. The number of furan rings is 1. The fraction of sp³-hybridized carbons (Fsp3) is 0.647. The molecule has 2 aliphatic rings. The Hall–Kier alpha value is -1.63. The summed E-state index contributed by atoms with van der Waals surface area (Å²) in [5.74, 6) is 1.43. The van der Waals surface area contributed by atoms with E-state index in [9.17, 15) is 9.59 Å². The maximum Gasteiger partial charge on any atom is 0.410 e. The first-order valence-electron chi connectivity index (χ1n) is 8.24. The highest BCUT2D eigenvalue weighted by atomic mass is 32.2. The molecule has 0 aromatic carbocycles. The third kappa shape index (κ3) is 3.55. The van der Waals surface area contributed by atoms with Crippen molar-refractivity contribution in [3.8, 4) is 0 Å². The molecule has 2 saturated heterocycles. The lowest BCUT2D eigenvalue weighted by Gasteiger charge is -2.43. The summed E-state index contributed by atoms with van der Waals surface area (Å²) in [7, 11) is 0. The van der Waals surface area contributed by atoms with Crippen LogP contribution in [0.3, 0.4) is 0 Å². The molecule has 3 heterocycles. The molecule has 2 fully saturated rings. The van der Waals surface area contributed by atoms with Crippen LogP contribution < -0.4 is 0 Å². The summed E-state index contributed by atoms with van der Waals surface area (Å²) in [6.45, 7) is 7.30. The van der Waals surface area contributed by atoms with Gasteiger partial charge in [0.2, 0.25) is 5.91 Å². The minimum atomic E-state index is -0.490. The molecule has 2 aliphatic heterocycles. The minimum Gasteiger partial charge on any atom is -0.467 e. The number of ether oxygens (including phenoxy) is 1. The Labute approximate surface area is 146 Å². The number of carbonyl (C=O) groups is 2. The number of hydrogen-bond donors (Lipinski definition) is 0. The molecule has 1 aromatic rings. The lowest BCUT2D eigenvalue weighted by molar-refractivity contribution is -0.132. The van der Waals surface area contributed by atoms with Crippen LogP contribution in [0, 0.1) is 0 Å². The highest BCUT2D eigenvalue weighted by Gasteiger charge is 2.48. The van der Waals surface area contributed by atoms with Crippen LogP contribution in [0.2, 0.25) is 0 Å². The predicted octanol–water partition coefficient (Wildman–Crippen LogP) is 3.08. The Balaban J connectivity index is 1.65. The van der Waals surface area contributed by atoms with Gasteiger partial charge in [-0.05, 0) is 45.7 Å². The van der Waals surface area contributed by atoms with Gasteiger partial charge >= 0.3 is 6.09 Å². The fourth-order valence-corrected chi connectivity index (χ4v) is 4.49. The van der Waals surface area contributed by atoms with E-state index in [-0.39, 0.29) is 16.9 Å². The molecule has 0 saturated carbocycles. The molecule has 24 heavy (non-hydrogen) atoms. The number of thioether (sulfide) groups is 1. The zero-order valence-corrected chi connectivity index (χ0v) is 15.2. The van der Waals surface area contributed by atoms with Crippen molar-refractivity contribution in [1.29, 1.82) is 0 Å². The monoisotopic (exact) mass is 352 g/mol. The zero-order chi connectivity index (χ0) is 17.4. The first-order valence-corrected chi connectivity index (χ1v) is 9.22. The number of hydrogen-bond acceptors (Lipinski definition) is 5. The van der Waals surface area contributed by atoms with Crippen LogP contribution in [0.5, 0.6) is 0 Å². The molecule has 1 spiro atoms. The molecule has 7 heteroatoms. The SMILES string of the molecule is CC(C)(C)OC(=O)N1CCC2(CC1)SCC(=O)N2Cc1ccco1. The van der Waals surface area contributed by atoms with Crippen LogP contribution in [0.1, 0.15) is 39.4 Å². The second kappa shape index (κ2) is 6.35. The van der Waals surface area contributed by atoms with Gasteiger partial charge in [-0.3, -0.25) is 4.79 Å². The molecule has 132 valence electrons.